The molecule has 1 aliphatic heterocycles. The summed E-state index contributed by atoms with van der Waals surface area (Å²) in [6.45, 7) is 3.24. The quantitative estimate of drug-likeness (QED) is 0.832. The molecule has 0 bridgehead atoms. The molecule has 1 fully saturated rings. The van der Waals surface area contributed by atoms with E-state index in [-0.39, 0.29) is 0 Å². The third kappa shape index (κ3) is 2.83. The summed E-state index contributed by atoms with van der Waals surface area (Å²) < 4.78 is 2.28. The van der Waals surface area contributed by atoms with E-state index in [1.54, 1.807) is 0 Å². The SMILES string of the molecule is CN(C)CCn1cncc1C1CCCCN1. The van der Waals surface area contributed by atoms with Crippen LogP contribution in [0.3, 0.4) is 0 Å². The molecule has 1 atom stereocenters. The number of nitrogens with one attached hydrogen (secondary N) is 1. The van der Waals surface area contributed by atoms with Crippen molar-refractivity contribution in [2.24, 2.45) is 0 Å². The Hall–Kier alpha value is -0.870. The Morgan fingerprint density at radius 2 is 2.38 bits per heavy atom. The Labute approximate surface area is 97.7 Å². The molecule has 0 radical (unpaired) electrons. The van der Waals surface area contributed by atoms with E-state index in [1.807, 2.05) is 12.5 Å². The van der Waals surface area contributed by atoms with Crippen LogP contribution in [0.25, 0.3) is 0 Å². The smallest absolute Gasteiger partial charge is 0.0949 e. The van der Waals surface area contributed by atoms with Crippen molar-refractivity contribution in [2.45, 2.75) is 31.8 Å². The van der Waals surface area contributed by atoms with Gasteiger partial charge in [0.15, 0.2) is 0 Å². The molecular formula is C12H22N4. The van der Waals surface area contributed by atoms with Crippen molar-refractivity contribution in [3.8, 4) is 0 Å². The second-order valence-corrected chi connectivity index (χ2v) is 4.82. The monoisotopic (exact) mass is 222 g/mol. The Morgan fingerprint density at radius 3 is 3.06 bits per heavy atom. The molecule has 0 aromatic carbocycles. The van der Waals surface area contributed by atoms with Crippen LogP contribution in [0, 0.1) is 0 Å². The third-order valence-electron chi connectivity index (χ3n) is 3.20. The van der Waals surface area contributed by atoms with Gasteiger partial charge in [0.2, 0.25) is 0 Å². The van der Waals surface area contributed by atoms with Gasteiger partial charge in [-0.25, -0.2) is 4.98 Å². The molecule has 1 aromatic rings. The molecule has 2 heterocycles. The van der Waals surface area contributed by atoms with Gasteiger partial charge in [0.25, 0.3) is 0 Å². The van der Waals surface area contributed by atoms with Crippen LogP contribution in [0.4, 0.5) is 0 Å². The van der Waals surface area contributed by atoms with Gasteiger partial charge in [-0.3, -0.25) is 0 Å². The molecule has 90 valence electrons. The fourth-order valence-electron chi connectivity index (χ4n) is 2.22. The van der Waals surface area contributed by atoms with Crippen LogP contribution >= 0.6 is 0 Å². The van der Waals surface area contributed by atoms with Crippen LogP contribution in [-0.2, 0) is 6.54 Å². The Bertz CT molecular complexity index is 313. The number of hydrogen-bond donors (Lipinski definition) is 1. The summed E-state index contributed by atoms with van der Waals surface area (Å²) >= 11 is 0. The molecule has 4 nitrogen and oxygen atoms in total. The first kappa shape index (κ1) is 11.6. The van der Waals surface area contributed by atoms with E-state index in [9.17, 15) is 0 Å². The minimum atomic E-state index is 0.512. The van der Waals surface area contributed by atoms with E-state index in [1.165, 1.54) is 25.0 Å². The molecule has 1 unspecified atom stereocenters. The predicted molar refractivity (Wildman–Crippen MR) is 65.4 cm³/mol. The van der Waals surface area contributed by atoms with E-state index < -0.39 is 0 Å². The minimum absolute atomic E-state index is 0.512. The lowest BCUT2D eigenvalue weighted by atomic mass is 10.0. The summed E-state index contributed by atoms with van der Waals surface area (Å²) in [4.78, 5) is 6.49. The van der Waals surface area contributed by atoms with E-state index in [0.29, 0.717) is 6.04 Å². The normalized spacial score (nSPS) is 21.6. The van der Waals surface area contributed by atoms with Crippen molar-refractivity contribution >= 4 is 0 Å². The molecule has 1 aliphatic rings. The number of hydrogen-bond acceptors (Lipinski definition) is 3. The molecule has 0 spiro atoms. The van der Waals surface area contributed by atoms with Gasteiger partial charge < -0.3 is 14.8 Å². The number of piperidine rings is 1. The van der Waals surface area contributed by atoms with Gasteiger partial charge in [0.05, 0.1) is 12.0 Å². The number of rotatable bonds is 4. The maximum atomic E-state index is 4.28. The van der Waals surface area contributed by atoms with Crippen molar-refractivity contribution in [2.75, 3.05) is 27.2 Å². The van der Waals surface area contributed by atoms with Crippen LogP contribution in [0.5, 0.6) is 0 Å². The highest BCUT2D eigenvalue weighted by Gasteiger charge is 2.17. The molecule has 1 N–H and O–H groups in total. The van der Waals surface area contributed by atoms with Gasteiger partial charge in [-0.05, 0) is 33.5 Å². The highest BCUT2D eigenvalue weighted by atomic mass is 15.1. The topological polar surface area (TPSA) is 33.1 Å². The highest BCUT2D eigenvalue weighted by Crippen LogP contribution is 2.22. The standard InChI is InChI=1S/C12H22N4/c1-15(2)7-8-16-10-13-9-12(16)11-5-3-4-6-14-11/h9-11,14H,3-8H2,1-2H3. The zero-order valence-corrected chi connectivity index (χ0v) is 10.3. The van der Waals surface area contributed by atoms with Crippen molar-refractivity contribution in [3.05, 3.63) is 18.2 Å². The van der Waals surface area contributed by atoms with Crippen LogP contribution in [-0.4, -0.2) is 41.6 Å². The van der Waals surface area contributed by atoms with E-state index in [4.69, 9.17) is 0 Å². The molecule has 0 saturated carbocycles. The second kappa shape index (κ2) is 5.46. The molecular weight excluding hydrogens is 200 g/mol. The Balaban J connectivity index is 2.00. The average molecular weight is 222 g/mol. The lowest BCUT2D eigenvalue weighted by Crippen LogP contribution is -2.29. The number of aromatic nitrogens is 2. The van der Waals surface area contributed by atoms with Crippen molar-refractivity contribution in [3.63, 3.8) is 0 Å². The fourth-order valence-corrected chi connectivity index (χ4v) is 2.22. The lowest BCUT2D eigenvalue weighted by molar-refractivity contribution is 0.360. The molecule has 2 rings (SSSR count). The summed E-state index contributed by atoms with van der Waals surface area (Å²) in [6, 6.07) is 0.512. The zero-order chi connectivity index (χ0) is 11.4. The Kier molecular flexibility index (Phi) is 3.96. The van der Waals surface area contributed by atoms with E-state index >= 15 is 0 Å². The van der Waals surface area contributed by atoms with Crippen LogP contribution in [0.15, 0.2) is 12.5 Å². The molecule has 16 heavy (non-hydrogen) atoms. The number of likely N-dealkylation sites (N-methyl/N-ethyl adjacent to an activating group) is 1. The maximum Gasteiger partial charge on any atom is 0.0949 e. The highest BCUT2D eigenvalue weighted by molar-refractivity contribution is 5.06. The maximum absolute atomic E-state index is 4.28. The van der Waals surface area contributed by atoms with Gasteiger partial charge in [0, 0.05) is 25.3 Å². The van der Waals surface area contributed by atoms with Gasteiger partial charge in [-0.15, -0.1) is 0 Å². The predicted octanol–water partition coefficient (Wildman–Crippen LogP) is 1.26. The first-order valence-corrected chi connectivity index (χ1v) is 6.15. The fraction of sp³-hybridized carbons (Fsp3) is 0.750. The van der Waals surface area contributed by atoms with Crippen LogP contribution < -0.4 is 5.32 Å². The summed E-state index contributed by atoms with van der Waals surface area (Å²) in [5.74, 6) is 0. The number of imidazole rings is 1. The second-order valence-electron chi connectivity index (χ2n) is 4.82. The lowest BCUT2D eigenvalue weighted by Gasteiger charge is -2.24. The molecule has 0 amide bonds. The van der Waals surface area contributed by atoms with Crippen molar-refractivity contribution in [1.29, 1.82) is 0 Å². The van der Waals surface area contributed by atoms with Gasteiger partial charge >= 0.3 is 0 Å². The summed E-state index contributed by atoms with van der Waals surface area (Å²) in [6.07, 6.45) is 7.85. The first-order chi connectivity index (χ1) is 7.77. The van der Waals surface area contributed by atoms with E-state index in [2.05, 4.69) is 33.9 Å². The average Bonchev–Trinajstić information content (AvgIpc) is 2.75. The zero-order valence-electron chi connectivity index (χ0n) is 10.3. The molecule has 1 saturated heterocycles. The van der Waals surface area contributed by atoms with Crippen molar-refractivity contribution < 1.29 is 0 Å². The van der Waals surface area contributed by atoms with Gasteiger partial charge in [-0.1, -0.05) is 6.42 Å². The summed E-state index contributed by atoms with van der Waals surface area (Å²) in [5, 5.41) is 3.58. The largest absolute Gasteiger partial charge is 0.332 e. The Morgan fingerprint density at radius 1 is 1.50 bits per heavy atom. The van der Waals surface area contributed by atoms with Gasteiger partial charge in [-0.2, -0.15) is 0 Å². The van der Waals surface area contributed by atoms with Gasteiger partial charge in [0.1, 0.15) is 0 Å². The summed E-state index contributed by atoms with van der Waals surface area (Å²) in [5.41, 5.74) is 1.35. The third-order valence-corrected chi connectivity index (χ3v) is 3.20. The molecule has 4 heteroatoms. The van der Waals surface area contributed by atoms with Crippen LogP contribution in [0.2, 0.25) is 0 Å². The summed E-state index contributed by atoms with van der Waals surface area (Å²) in [7, 11) is 4.21. The van der Waals surface area contributed by atoms with E-state index in [0.717, 1.165) is 19.6 Å². The number of nitrogens with zero attached hydrogens (tertiary/aromatic N) is 3. The van der Waals surface area contributed by atoms with Crippen LogP contribution in [0.1, 0.15) is 31.0 Å². The minimum Gasteiger partial charge on any atom is -0.332 e. The first-order valence-electron chi connectivity index (χ1n) is 6.15. The van der Waals surface area contributed by atoms with Crippen molar-refractivity contribution in [1.82, 2.24) is 19.8 Å². The molecule has 1 aromatic heterocycles. The molecule has 0 aliphatic carbocycles.